The van der Waals surface area contributed by atoms with E-state index in [1.807, 2.05) is 36.0 Å². The Labute approximate surface area is 154 Å². The number of nitrogens with one attached hydrogen (secondary N) is 1. The van der Waals surface area contributed by atoms with Crippen molar-refractivity contribution in [1.82, 2.24) is 14.9 Å². The number of nitrogens with two attached hydrogens (primary N) is 1. The molecule has 0 aliphatic carbocycles. The predicted molar refractivity (Wildman–Crippen MR) is 100 cm³/mol. The van der Waals surface area contributed by atoms with Gasteiger partial charge in [0.25, 0.3) is 5.91 Å². The van der Waals surface area contributed by atoms with Crippen molar-refractivity contribution in [2.45, 2.75) is 6.92 Å². The molecule has 3 rings (SSSR count). The zero-order valence-corrected chi connectivity index (χ0v) is 14.8. The first-order chi connectivity index (χ1) is 12.5. The lowest BCUT2D eigenvalue weighted by Crippen LogP contribution is -2.23. The molecule has 1 aromatic carbocycles. The van der Waals surface area contributed by atoms with Crippen LogP contribution in [0, 0.1) is 18.8 Å². The van der Waals surface area contributed by atoms with Crippen molar-refractivity contribution >= 4 is 23.2 Å². The molecule has 2 amide bonds. The van der Waals surface area contributed by atoms with Crippen LogP contribution in [0.1, 0.15) is 31.3 Å². The van der Waals surface area contributed by atoms with Crippen molar-refractivity contribution in [3.05, 3.63) is 70.5 Å². The summed E-state index contributed by atoms with van der Waals surface area (Å²) in [5.41, 5.74) is 7.05. The maximum atomic E-state index is 12.3. The molecule has 6 nitrogen and oxygen atoms in total. The molecule has 0 unspecified atom stereocenters. The van der Waals surface area contributed by atoms with Crippen molar-refractivity contribution in [3.8, 4) is 17.0 Å². The summed E-state index contributed by atoms with van der Waals surface area (Å²) in [5, 5.41) is 3.52. The fraction of sp³-hybridized carbons (Fsp3) is 0.105. The SMILES string of the molecule is Cc1nc(-n2cccc2)sc1C(=O)NCC#Cc1ccc(C(N)=O)cc1. The molecule has 3 aromatic rings. The first-order valence-corrected chi connectivity index (χ1v) is 8.64. The third-order valence-corrected chi connectivity index (χ3v) is 4.73. The second-order valence-electron chi connectivity index (χ2n) is 5.43. The minimum Gasteiger partial charge on any atom is -0.366 e. The Morgan fingerprint density at radius 1 is 1.23 bits per heavy atom. The number of aryl methyl sites for hydroxylation is 1. The highest BCUT2D eigenvalue weighted by Crippen LogP contribution is 2.21. The predicted octanol–water partition coefficient (Wildman–Crippen LogP) is 2.12. The largest absolute Gasteiger partial charge is 0.366 e. The molecular weight excluding hydrogens is 348 g/mol. The number of primary amides is 1. The zero-order chi connectivity index (χ0) is 18.5. The van der Waals surface area contributed by atoms with E-state index in [-0.39, 0.29) is 12.5 Å². The van der Waals surface area contributed by atoms with E-state index >= 15 is 0 Å². The summed E-state index contributed by atoms with van der Waals surface area (Å²) in [7, 11) is 0. The fourth-order valence-corrected chi connectivity index (χ4v) is 3.18. The molecule has 3 N–H and O–H groups in total. The summed E-state index contributed by atoms with van der Waals surface area (Å²) >= 11 is 1.33. The Morgan fingerprint density at radius 2 is 1.92 bits per heavy atom. The van der Waals surface area contributed by atoms with E-state index in [4.69, 9.17) is 5.73 Å². The van der Waals surface area contributed by atoms with E-state index in [1.54, 1.807) is 24.3 Å². The maximum Gasteiger partial charge on any atom is 0.264 e. The Morgan fingerprint density at radius 3 is 2.58 bits per heavy atom. The van der Waals surface area contributed by atoms with E-state index in [0.717, 1.165) is 10.7 Å². The van der Waals surface area contributed by atoms with E-state index in [0.29, 0.717) is 16.1 Å². The average molecular weight is 364 g/mol. The molecule has 0 atom stereocenters. The summed E-state index contributed by atoms with van der Waals surface area (Å²) < 4.78 is 1.87. The number of carbonyl (C=O) groups is 2. The van der Waals surface area contributed by atoms with Gasteiger partial charge in [0.2, 0.25) is 5.91 Å². The second kappa shape index (κ2) is 7.68. The van der Waals surface area contributed by atoms with Crippen molar-refractivity contribution in [2.24, 2.45) is 5.73 Å². The van der Waals surface area contributed by atoms with Gasteiger partial charge in [-0.15, -0.1) is 0 Å². The molecule has 0 saturated carbocycles. The van der Waals surface area contributed by atoms with Crippen molar-refractivity contribution in [2.75, 3.05) is 6.54 Å². The molecule has 2 heterocycles. The Hall–Kier alpha value is -3.37. The van der Waals surface area contributed by atoms with Crippen molar-refractivity contribution in [1.29, 1.82) is 0 Å². The minimum absolute atomic E-state index is 0.197. The number of nitrogens with zero attached hydrogens (tertiary/aromatic N) is 2. The second-order valence-corrected chi connectivity index (χ2v) is 6.40. The van der Waals surface area contributed by atoms with Crippen LogP contribution in [-0.4, -0.2) is 27.9 Å². The van der Waals surface area contributed by atoms with Gasteiger partial charge < -0.3 is 15.6 Å². The van der Waals surface area contributed by atoms with Gasteiger partial charge in [0, 0.05) is 23.5 Å². The van der Waals surface area contributed by atoms with Crippen molar-refractivity contribution in [3.63, 3.8) is 0 Å². The number of amides is 2. The number of thiazole rings is 1. The van der Waals surface area contributed by atoms with Crippen molar-refractivity contribution < 1.29 is 9.59 Å². The molecular formula is C19H16N4O2S. The number of hydrogen-bond acceptors (Lipinski definition) is 4. The number of benzene rings is 1. The van der Waals surface area contributed by atoms with Gasteiger partial charge in [-0.3, -0.25) is 9.59 Å². The van der Waals surface area contributed by atoms with Gasteiger partial charge in [-0.25, -0.2) is 4.98 Å². The summed E-state index contributed by atoms with van der Waals surface area (Å²) in [4.78, 5) is 28.3. The summed E-state index contributed by atoms with van der Waals surface area (Å²) in [6.07, 6.45) is 3.77. The van der Waals surface area contributed by atoms with Crippen LogP contribution in [0.2, 0.25) is 0 Å². The summed E-state index contributed by atoms with van der Waals surface area (Å²) in [5.74, 6) is 5.14. The maximum absolute atomic E-state index is 12.3. The molecule has 26 heavy (non-hydrogen) atoms. The molecule has 0 saturated heterocycles. The van der Waals surface area contributed by atoms with Crippen LogP contribution in [-0.2, 0) is 0 Å². The lowest BCUT2D eigenvalue weighted by atomic mass is 10.1. The quantitative estimate of drug-likeness (QED) is 0.695. The number of hydrogen-bond donors (Lipinski definition) is 2. The topological polar surface area (TPSA) is 90.0 Å². The molecule has 0 fully saturated rings. The molecule has 0 spiro atoms. The highest BCUT2D eigenvalue weighted by atomic mass is 32.1. The molecule has 0 bridgehead atoms. The molecule has 0 radical (unpaired) electrons. The number of carbonyl (C=O) groups excluding carboxylic acids is 2. The first-order valence-electron chi connectivity index (χ1n) is 7.82. The molecule has 2 aromatic heterocycles. The summed E-state index contributed by atoms with van der Waals surface area (Å²) in [6, 6.07) is 10.5. The third kappa shape index (κ3) is 3.99. The fourth-order valence-electron chi connectivity index (χ4n) is 2.23. The number of rotatable bonds is 4. The third-order valence-electron chi connectivity index (χ3n) is 3.56. The highest BCUT2D eigenvalue weighted by Gasteiger charge is 2.15. The van der Waals surface area contributed by atoms with Crippen LogP contribution in [0.25, 0.3) is 5.13 Å². The van der Waals surface area contributed by atoms with Gasteiger partial charge in [0.15, 0.2) is 5.13 Å². The molecule has 0 aliphatic rings. The van der Waals surface area contributed by atoms with Gasteiger partial charge in [-0.05, 0) is 43.3 Å². The first kappa shape index (κ1) is 17.5. The monoisotopic (exact) mass is 364 g/mol. The Balaban J connectivity index is 1.61. The van der Waals surface area contributed by atoms with E-state index in [1.165, 1.54) is 11.3 Å². The zero-order valence-electron chi connectivity index (χ0n) is 14.0. The Bertz CT molecular complexity index is 993. The van der Waals surface area contributed by atoms with Gasteiger partial charge in [0.1, 0.15) is 4.88 Å². The van der Waals surface area contributed by atoms with Gasteiger partial charge in [0.05, 0.1) is 12.2 Å². The van der Waals surface area contributed by atoms with Crippen LogP contribution in [0.4, 0.5) is 0 Å². The van der Waals surface area contributed by atoms with Crippen LogP contribution in [0.15, 0.2) is 48.8 Å². The highest BCUT2D eigenvalue weighted by molar-refractivity contribution is 7.16. The van der Waals surface area contributed by atoms with E-state index in [9.17, 15) is 9.59 Å². The minimum atomic E-state index is -0.476. The lowest BCUT2D eigenvalue weighted by molar-refractivity contribution is 0.0960. The molecule has 130 valence electrons. The van der Waals surface area contributed by atoms with E-state index in [2.05, 4.69) is 22.1 Å². The Kier molecular flexibility index (Phi) is 5.15. The van der Waals surface area contributed by atoms with Gasteiger partial charge in [-0.2, -0.15) is 0 Å². The van der Waals surface area contributed by atoms with Crippen LogP contribution < -0.4 is 11.1 Å². The van der Waals surface area contributed by atoms with E-state index < -0.39 is 5.91 Å². The average Bonchev–Trinajstić information content (AvgIpc) is 3.28. The summed E-state index contributed by atoms with van der Waals surface area (Å²) in [6.45, 7) is 2.02. The van der Waals surface area contributed by atoms with Crippen LogP contribution in [0.3, 0.4) is 0 Å². The smallest absolute Gasteiger partial charge is 0.264 e. The standard InChI is InChI=1S/C19H16N4O2S/c1-13-16(26-19(22-13)23-11-2-3-12-23)18(25)21-10-4-5-14-6-8-15(9-7-14)17(20)24/h2-3,6-9,11-12H,10H2,1H3,(H2,20,24)(H,21,25). The number of aromatic nitrogens is 2. The lowest BCUT2D eigenvalue weighted by Gasteiger charge is -1.98. The molecule has 0 aliphatic heterocycles. The van der Waals surface area contributed by atoms with Crippen LogP contribution in [0.5, 0.6) is 0 Å². The van der Waals surface area contributed by atoms with Gasteiger partial charge >= 0.3 is 0 Å². The normalized spacial score (nSPS) is 10.0. The van der Waals surface area contributed by atoms with Crippen LogP contribution >= 0.6 is 11.3 Å². The van der Waals surface area contributed by atoms with Gasteiger partial charge in [-0.1, -0.05) is 23.2 Å². The molecule has 7 heteroatoms.